The molecular weight excluding hydrogens is 713 g/mol. The molecule has 0 atom stereocenters. The maximum Gasteiger partial charge on any atom is 0.0708 e. The lowest BCUT2D eigenvalue weighted by atomic mass is 9.83. The van der Waals surface area contributed by atoms with Gasteiger partial charge in [-0.25, -0.2) is 0 Å². The van der Waals surface area contributed by atoms with E-state index in [0.717, 1.165) is 27.7 Å². The Morgan fingerprint density at radius 3 is 1.41 bits per heavy atom. The van der Waals surface area contributed by atoms with Crippen LogP contribution in [0.5, 0.6) is 0 Å². The molecule has 0 fully saturated rings. The minimum Gasteiger partial charge on any atom is -0.264 e. The first-order valence-corrected chi connectivity index (χ1v) is 20.4. The van der Waals surface area contributed by atoms with Gasteiger partial charge in [0.25, 0.3) is 0 Å². The number of fused-ring (bicyclic) bond motifs is 12. The number of benzene rings is 10. The monoisotopic (exact) mass is 746 g/mol. The first kappa shape index (κ1) is 32.4. The van der Waals surface area contributed by atoms with Crippen molar-refractivity contribution in [3.05, 3.63) is 176 Å². The maximum atomic E-state index is 4.81. The molecule has 2 aliphatic carbocycles. The van der Waals surface area contributed by atoms with E-state index < -0.39 is 0 Å². The molecule has 59 heavy (non-hydrogen) atoms. The molecule has 2 heteroatoms. The molecule has 0 amide bonds. The third-order valence-corrected chi connectivity index (χ3v) is 13.1. The fourth-order valence-electron chi connectivity index (χ4n) is 10.7. The summed E-state index contributed by atoms with van der Waals surface area (Å²) in [6, 6.07) is 58.9. The average molecular weight is 747 g/mol. The average Bonchev–Trinajstić information content (AvgIpc) is 3.78. The molecule has 0 radical (unpaired) electrons. The van der Waals surface area contributed by atoms with Crippen molar-refractivity contribution in [3.8, 4) is 66.8 Å². The van der Waals surface area contributed by atoms with Crippen LogP contribution in [0.25, 0.3) is 138 Å². The van der Waals surface area contributed by atoms with Gasteiger partial charge in [-0.2, -0.15) is 0 Å². The van der Waals surface area contributed by atoms with Crippen LogP contribution < -0.4 is 0 Å². The fraction of sp³-hybridized carbons (Fsp3) is 0.0175. The van der Waals surface area contributed by atoms with E-state index in [1.54, 1.807) is 0 Å². The van der Waals surface area contributed by atoms with Crippen LogP contribution in [0.2, 0.25) is 0 Å². The Labute approximate surface area is 341 Å². The lowest BCUT2D eigenvalue weighted by Gasteiger charge is -2.20. The van der Waals surface area contributed by atoms with E-state index in [9.17, 15) is 0 Å². The van der Waals surface area contributed by atoms with Crippen LogP contribution in [0.1, 0.15) is 12.5 Å². The van der Waals surface area contributed by atoms with Gasteiger partial charge >= 0.3 is 0 Å². The Balaban J connectivity index is 1.25. The van der Waals surface area contributed by atoms with Crippen molar-refractivity contribution in [3.63, 3.8) is 0 Å². The molecular formula is C57H34N2. The fourth-order valence-corrected chi connectivity index (χ4v) is 10.7. The first-order valence-electron chi connectivity index (χ1n) is 20.4. The number of rotatable bonds is 4. The highest BCUT2D eigenvalue weighted by Crippen LogP contribution is 2.54. The number of allylic oxidation sites excluding steroid dienone is 1. The van der Waals surface area contributed by atoms with E-state index in [1.807, 2.05) is 6.20 Å². The van der Waals surface area contributed by atoms with E-state index >= 15 is 0 Å². The molecule has 0 spiro atoms. The third kappa shape index (κ3) is 4.35. The molecule has 0 unspecified atom stereocenters. The Morgan fingerprint density at radius 2 is 0.864 bits per heavy atom. The zero-order chi connectivity index (χ0) is 38.9. The van der Waals surface area contributed by atoms with E-state index in [1.165, 1.54) is 115 Å². The summed E-state index contributed by atoms with van der Waals surface area (Å²) in [5.74, 6) is 0. The van der Waals surface area contributed by atoms with Crippen LogP contribution in [-0.4, -0.2) is 11.7 Å². The summed E-state index contributed by atoms with van der Waals surface area (Å²) in [5, 5.41) is 13.7. The van der Waals surface area contributed by atoms with Crippen LogP contribution in [0.4, 0.5) is 5.69 Å². The largest absolute Gasteiger partial charge is 0.264 e. The number of pyridine rings is 1. The van der Waals surface area contributed by atoms with Gasteiger partial charge in [0.05, 0.1) is 11.2 Å². The minimum absolute atomic E-state index is 0.876. The number of aromatic nitrogens is 1. The molecule has 13 rings (SSSR count). The van der Waals surface area contributed by atoms with Gasteiger partial charge in [0.15, 0.2) is 0 Å². The van der Waals surface area contributed by atoms with Gasteiger partial charge in [-0.3, -0.25) is 9.98 Å². The Kier molecular flexibility index (Phi) is 6.55. The summed E-state index contributed by atoms with van der Waals surface area (Å²) >= 11 is 0. The summed E-state index contributed by atoms with van der Waals surface area (Å²) in [7, 11) is 0. The second kappa shape index (κ2) is 11.9. The topological polar surface area (TPSA) is 25.2 Å². The normalized spacial score (nSPS) is 12.5. The molecule has 1 heterocycles. The van der Waals surface area contributed by atoms with Gasteiger partial charge < -0.3 is 0 Å². The zero-order valence-electron chi connectivity index (χ0n) is 32.3. The van der Waals surface area contributed by atoms with Crippen molar-refractivity contribution in [2.24, 2.45) is 4.99 Å². The van der Waals surface area contributed by atoms with Crippen LogP contribution in [-0.2, 0) is 0 Å². The van der Waals surface area contributed by atoms with Crippen molar-refractivity contribution in [2.45, 2.75) is 6.92 Å². The van der Waals surface area contributed by atoms with E-state index in [2.05, 4.69) is 189 Å². The van der Waals surface area contributed by atoms with Crippen molar-refractivity contribution in [1.82, 2.24) is 4.98 Å². The third-order valence-electron chi connectivity index (χ3n) is 13.1. The van der Waals surface area contributed by atoms with Gasteiger partial charge in [-0.15, -0.1) is 0 Å². The van der Waals surface area contributed by atoms with E-state index in [-0.39, 0.29) is 0 Å². The van der Waals surface area contributed by atoms with E-state index in [0.29, 0.717) is 0 Å². The molecule has 0 saturated carbocycles. The van der Waals surface area contributed by atoms with Gasteiger partial charge in [0.1, 0.15) is 0 Å². The smallest absolute Gasteiger partial charge is 0.0708 e. The van der Waals surface area contributed by atoms with E-state index in [4.69, 9.17) is 4.98 Å². The van der Waals surface area contributed by atoms with Gasteiger partial charge in [-0.1, -0.05) is 115 Å². The highest BCUT2D eigenvalue weighted by atomic mass is 14.7. The molecule has 0 saturated heterocycles. The number of nitrogens with zero attached hydrogens (tertiary/aromatic N) is 2. The van der Waals surface area contributed by atoms with Crippen LogP contribution in [0, 0.1) is 0 Å². The predicted octanol–water partition coefficient (Wildman–Crippen LogP) is 16.0. The second-order valence-corrected chi connectivity index (χ2v) is 16.0. The number of hydrogen-bond acceptors (Lipinski definition) is 2. The molecule has 0 aliphatic heterocycles. The Morgan fingerprint density at radius 1 is 0.407 bits per heavy atom. The zero-order valence-corrected chi connectivity index (χ0v) is 32.3. The first-order chi connectivity index (χ1) is 29.2. The summed E-state index contributed by atoms with van der Waals surface area (Å²) in [5.41, 5.74) is 18.0. The Hall–Kier alpha value is -7.68. The van der Waals surface area contributed by atoms with Crippen LogP contribution in [0.15, 0.2) is 175 Å². The molecule has 0 bridgehead atoms. The summed E-state index contributed by atoms with van der Waals surface area (Å²) < 4.78 is 0. The molecule has 272 valence electrons. The van der Waals surface area contributed by atoms with Gasteiger partial charge in [0.2, 0.25) is 0 Å². The quantitative estimate of drug-likeness (QED) is 0.130. The summed E-state index contributed by atoms with van der Waals surface area (Å²) in [6.45, 7) is 6.07. The predicted molar refractivity (Wildman–Crippen MR) is 253 cm³/mol. The maximum absolute atomic E-state index is 4.81. The number of aliphatic imine (C=N–C) groups is 1. The summed E-state index contributed by atoms with van der Waals surface area (Å²) in [6.07, 6.45) is 6.25. The molecule has 2 nitrogen and oxygen atoms in total. The number of para-hydroxylation sites is 1. The SMILES string of the molecule is C=Nc1cccc(-c2cc3c4cc5c(cc4c(-c4ccnc6ccccc46)cc3c3cc4c(cc23)-c2cccc3cccc-4c23)-c2cccc3cccc-5c23)c1/C=C\C. The molecule has 11 aromatic rings. The van der Waals surface area contributed by atoms with Crippen molar-refractivity contribution < 1.29 is 0 Å². The standard InChI is InChI=1S/C57H34N2/c1-3-11-36-34(17-10-23-54(36)58-2)42-26-50-51(52-30-46-40-20-8-14-32-12-6-18-38(56(32)40)44(46)28-48(42)52)27-43(35-24-25-59-55-22-5-4-16-37(35)55)49-29-45-39-19-7-13-33-15-9-21-41(57(33)39)47(45)31-53(49)50/h3-31H,2H2,1H3/b11-3-. The molecule has 1 aromatic heterocycles. The van der Waals surface area contributed by atoms with Crippen molar-refractivity contribution >= 4 is 83.2 Å². The highest BCUT2D eigenvalue weighted by molar-refractivity contribution is 6.29. The highest BCUT2D eigenvalue weighted by Gasteiger charge is 2.27. The van der Waals surface area contributed by atoms with Crippen molar-refractivity contribution in [2.75, 3.05) is 0 Å². The number of hydrogen-bond donors (Lipinski definition) is 0. The molecule has 0 N–H and O–H groups in total. The van der Waals surface area contributed by atoms with Gasteiger partial charge in [-0.05, 0) is 189 Å². The second-order valence-electron chi connectivity index (χ2n) is 16.0. The lowest BCUT2D eigenvalue weighted by Crippen LogP contribution is -1.93. The Bertz CT molecular complexity index is 3740. The molecule has 10 aromatic carbocycles. The van der Waals surface area contributed by atoms with Crippen LogP contribution >= 0.6 is 0 Å². The van der Waals surface area contributed by atoms with Gasteiger partial charge in [0, 0.05) is 17.1 Å². The molecule has 2 aliphatic rings. The summed E-state index contributed by atoms with van der Waals surface area (Å²) in [4.78, 5) is 9.33. The lowest BCUT2D eigenvalue weighted by molar-refractivity contribution is 1.41. The minimum atomic E-state index is 0.876. The van der Waals surface area contributed by atoms with Crippen molar-refractivity contribution in [1.29, 1.82) is 0 Å². The van der Waals surface area contributed by atoms with Crippen LogP contribution in [0.3, 0.4) is 0 Å².